The van der Waals surface area contributed by atoms with Crippen molar-refractivity contribution in [1.29, 1.82) is 0 Å². The minimum Gasteiger partial charge on any atom is -0.271 e. The predicted molar refractivity (Wildman–Crippen MR) is 71.0 cm³/mol. The Morgan fingerprint density at radius 2 is 1.94 bits per heavy atom. The second-order valence-electron chi connectivity index (χ2n) is 5.47. The van der Waals surface area contributed by atoms with E-state index in [1.807, 2.05) is 0 Å². The first-order chi connectivity index (χ1) is 7.81. The van der Waals surface area contributed by atoms with Crippen LogP contribution in [0.15, 0.2) is 0 Å². The fourth-order valence-corrected chi connectivity index (χ4v) is 3.16. The molecular formula is C14H30N2. The molecule has 1 saturated carbocycles. The van der Waals surface area contributed by atoms with Crippen molar-refractivity contribution in [2.24, 2.45) is 17.7 Å². The molecule has 1 fully saturated rings. The Morgan fingerprint density at radius 3 is 2.44 bits per heavy atom. The fraction of sp³-hybridized carbons (Fsp3) is 1.00. The van der Waals surface area contributed by atoms with E-state index in [0.29, 0.717) is 6.04 Å². The van der Waals surface area contributed by atoms with Crippen molar-refractivity contribution in [2.45, 2.75) is 77.7 Å². The Hall–Kier alpha value is -0.0800. The van der Waals surface area contributed by atoms with E-state index in [4.69, 9.17) is 5.84 Å². The molecule has 0 amide bonds. The highest BCUT2D eigenvalue weighted by molar-refractivity contribution is 4.79. The zero-order valence-corrected chi connectivity index (χ0v) is 11.2. The van der Waals surface area contributed by atoms with Gasteiger partial charge >= 0.3 is 0 Å². The lowest BCUT2D eigenvalue weighted by Gasteiger charge is -2.28. The summed E-state index contributed by atoms with van der Waals surface area (Å²) in [5, 5.41) is 0. The topological polar surface area (TPSA) is 38.0 Å². The highest BCUT2D eigenvalue weighted by atomic mass is 15.2. The average molecular weight is 226 g/mol. The van der Waals surface area contributed by atoms with Crippen molar-refractivity contribution >= 4 is 0 Å². The molecule has 2 unspecified atom stereocenters. The van der Waals surface area contributed by atoms with Crippen LogP contribution in [-0.4, -0.2) is 6.04 Å². The summed E-state index contributed by atoms with van der Waals surface area (Å²) >= 11 is 0. The van der Waals surface area contributed by atoms with Gasteiger partial charge in [0.2, 0.25) is 0 Å². The van der Waals surface area contributed by atoms with E-state index < -0.39 is 0 Å². The van der Waals surface area contributed by atoms with E-state index in [1.54, 1.807) is 0 Å². The first-order valence-electron chi connectivity index (χ1n) is 7.27. The quantitative estimate of drug-likeness (QED) is 0.490. The Morgan fingerprint density at radius 1 is 1.25 bits per heavy atom. The third kappa shape index (κ3) is 4.42. The summed E-state index contributed by atoms with van der Waals surface area (Å²) in [5.41, 5.74) is 3.09. The number of unbranched alkanes of at least 4 members (excludes halogenated alkanes) is 1. The van der Waals surface area contributed by atoms with Gasteiger partial charge in [-0.3, -0.25) is 11.3 Å². The van der Waals surface area contributed by atoms with Crippen molar-refractivity contribution in [3.63, 3.8) is 0 Å². The smallest absolute Gasteiger partial charge is 0.0241 e. The van der Waals surface area contributed by atoms with E-state index in [1.165, 1.54) is 57.8 Å². The first-order valence-corrected chi connectivity index (χ1v) is 7.27. The van der Waals surface area contributed by atoms with Crippen molar-refractivity contribution in [1.82, 2.24) is 5.43 Å². The molecule has 2 heteroatoms. The molecule has 1 aliphatic rings. The number of nitrogens with two attached hydrogens (primary N) is 1. The van der Waals surface area contributed by atoms with Gasteiger partial charge in [-0.05, 0) is 24.7 Å². The summed E-state index contributed by atoms with van der Waals surface area (Å²) in [6.45, 7) is 4.58. The summed E-state index contributed by atoms with van der Waals surface area (Å²) in [4.78, 5) is 0. The lowest BCUT2D eigenvalue weighted by atomic mass is 9.85. The molecule has 0 saturated heterocycles. The van der Waals surface area contributed by atoms with Crippen LogP contribution in [0.25, 0.3) is 0 Å². The Labute approximate surface area is 101 Å². The maximum absolute atomic E-state index is 5.75. The number of nitrogens with one attached hydrogen (secondary N) is 1. The van der Waals surface area contributed by atoms with Crippen molar-refractivity contribution in [2.75, 3.05) is 0 Å². The minimum atomic E-state index is 0.555. The zero-order valence-electron chi connectivity index (χ0n) is 11.2. The van der Waals surface area contributed by atoms with E-state index in [-0.39, 0.29) is 0 Å². The monoisotopic (exact) mass is 226 g/mol. The van der Waals surface area contributed by atoms with Crippen molar-refractivity contribution in [3.8, 4) is 0 Å². The van der Waals surface area contributed by atoms with Gasteiger partial charge in [-0.25, -0.2) is 0 Å². The third-order valence-corrected chi connectivity index (χ3v) is 4.30. The molecule has 0 aromatic rings. The molecule has 0 bridgehead atoms. The number of hydrogen-bond donors (Lipinski definition) is 2. The molecule has 1 aliphatic carbocycles. The molecule has 3 N–H and O–H groups in total. The Bertz CT molecular complexity index is 164. The van der Waals surface area contributed by atoms with E-state index >= 15 is 0 Å². The van der Waals surface area contributed by atoms with E-state index in [2.05, 4.69) is 19.3 Å². The Balaban J connectivity index is 2.35. The fourth-order valence-electron chi connectivity index (χ4n) is 3.16. The minimum absolute atomic E-state index is 0.555. The standard InChI is InChI=1S/C14H30N2/c1-3-5-10-13(4-2)14(16-15)11-12-8-6-7-9-12/h12-14,16H,3-11,15H2,1-2H3. The van der Waals surface area contributed by atoms with Crippen molar-refractivity contribution < 1.29 is 0 Å². The zero-order chi connectivity index (χ0) is 11.8. The van der Waals surface area contributed by atoms with Crippen molar-refractivity contribution in [3.05, 3.63) is 0 Å². The second kappa shape index (κ2) is 8.08. The molecule has 0 heterocycles. The summed E-state index contributed by atoms with van der Waals surface area (Å²) in [6.07, 6.45) is 12.3. The van der Waals surface area contributed by atoms with Crippen LogP contribution in [0.3, 0.4) is 0 Å². The third-order valence-electron chi connectivity index (χ3n) is 4.30. The van der Waals surface area contributed by atoms with Gasteiger partial charge in [0.1, 0.15) is 0 Å². The van der Waals surface area contributed by atoms with Gasteiger partial charge in [0, 0.05) is 6.04 Å². The van der Waals surface area contributed by atoms with E-state index in [9.17, 15) is 0 Å². The van der Waals surface area contributed by atoms with Crippen LogP contribution >= 0.6 is 0 Å². The molecule has 0 aliphatic heterocycles. The molecule has 16 heavy (non-hydrogen) atoms. The predicted octanol–water partition coefficient (Wildman–Crippen LogP) is 3.62. The largest absolute Gasteiger partial charge is 0.271 e. The highest BCUT2D eigenvalue weighted by Gasteiger charge is 2.24. The van der Waals surface area contributed by atoms with Crippen LogP contribution < -0.4 is 11.3 Å². The number of hydrazine groups is 1. The summed E-state index contributed by atoms with van der Waals surface area (Å²) in [5.74, 6) is 7.47. The van der Waals surface area contributed by atoms with Crippen LogP contribution in [0, 0.1) is 11.8 Å². The van der Waals surface area contributed by atoms with Gasteiger partial charge in [0.05, 0.1) is 0 Å². The number of rotatable bonds is 8. The molecule has 0 radical (unpaired) electrons. The molecule has 2 nitrogen and oxygen atoms in total. The average Bonchev–Trinajstić information content (AvgIpc) is 2.81. The van der Waals surface area contributed by atoms with Gasteiger partial charge in [-0.1, -0.05) is 58.8 Å². The Kier molecular flexibility index (Phi) is 7.06. The van der Waals surface area contributed by atoms with Crippen LogP contribution in [0.4, 0.5) is 0 Å². The van der Waals surface area contributed by atoms with Gasteiger partial charge in [-0.15, -0.1) is 0 Å². The maximum atomic E-state index is 5.75. The number of hydrogen-bond acceptors (Lipinski definition) is 2. The lowest BCUT2D eigenvalue weighted by molar-refractivity contribution is 0.270. The molecule has 2 atom stereocenters. The highest BCUT2D eigenvalue weighted by Crippen LogP contribution is 2.31. The first kappa shape index (κ1) is 14.0. The van der Waals surface area contributed by atoms with Crippen LogP contribution in [0.5, 0.6) is 0 Å². The van der Waals surface area contributed by atoms with Crippen LogP contribution in [0.1, 0.15) is 71.6 Å². The maximum Gasteiger partial charge on any atom is 0.0241 e. The molecular weight excluding hydrogens is 196 g/mol. The second-order valence-corrected chi connectivity index (χ2v) is 5.47. The summed E-state index contributed by atoms with van der Waals surface area (Å²) in [6, 6.07) is 0.555. The summed E-state index contributed by atoms with van der Waals surface area (Å²) in [7, 11) is 0. The van der Waals surface area contributed by atoms with Gasteiger partial charge < -0.3 is 0 Å². The van der Waals surface area contributed by atoms with Crippen LogP contribution in [-0.2, 0) is 0 Å². The van der Waals surface area contributed by atoms with Gasteiger partial charge in [0.25, 0.3) is 0 Å². The normalized spacial score (nSPS) is 21.2. The van der Waals surface area contributed by atoms with Crippen LogP contribution in [0.2, 0.25) is 0 Å². The summed E-state index contributed by atoms with van der Waals surface area (Å²) < 4.78 is 0. The molecule has 1 rings (SSSR count). The molecule has 0 aromatic heterocycles. The van der Waals surface area contributed by atoms with Gasteiger partial charge in [0.15, 0.2) is 0 Å². The molecule has 0 spiro atoms. The van der Waals surface area contributed by atoms with E-state index in [0.717, 1.165) is 11.8 Å². The molecule has 96 valence electrons. The van der Waals surface area contributed by atoms with Gasteiger partial charge in [-0.2, -0.15) is 0 Å². The molecule has 0 aromatic carbocycles. The SMILES string of the molecule is CCCCC(CC)C(CC1CCCC1)NN. The lowest BCUT2D eigenvalue weighted by Crippen LogP contribution is -2.41.